The normalized spacial score (nSPS) is 15.1. The van der Waals surface area contributed by atoms with Gasteiger partial charge in [0.2, 0.25) is 0 Å². The van der Waals surface area contributed by atoms with E-state index in [0.29, 0.717) is 5.92 Å². The lowest BCUT2D eigenvalue weighted by atomic mass is 10.1. The number of benzene rings is 2. The van der Waals surface area contributed by atoms with E-state index in [1.54, 1.807) is 7.11 Å². The van der Waals surface area contributed by atoms with Gasteiger partial charge in [-0.1, -0.05) is 31.0 Å². The number of imidazole rings is 1. The van der Waals surface area contributed by atoms with Crippen molar-refractivity contribution in [3.05, 3.63) is 60.6 Å². The van der Waals surface area contributed by atoms with E-state index in [0.717, 1.165) is 33.4 Å². The van der Waals surface area contributed by atoms with Crippen LogP contribution in [-0.4, -0.2) is 21.6 Å². The van der Waals surface area contributed by atoms with E-state index in [-0.39, 0.29) is 0 Å². The van der Waals surface area contributed by atoms with Crippen molar-refractivity contribution >= 4 is 21.9 Å². The Morgan fingerprint density at radius 2 is 1.73 bits per heavy atom. The first-order chi connectivity index (χ1) is 12.8. The third kappa shape index (κ3) is 2.37. The van der Waals surface area contributed by atoms with Crippen LogP contribution in [-0.2, 0) is 0 Å². The van der Waals surface area contributed by atoms with Gasteiger partial charge in [-0.15, -0.1) is 0 Å². The van der Waals surface area contributed by atoms with Gasteiger partial charge in [0.05, 0.1) is 24.3 Å². The van der Waals surface area contributed by atoms with Crippen LogP contribution in [0.25, 0.3) is 27.6 Å². The monoisotopic (exact) mass is 343 g/mol. The second kappa shape index (κ2) is 6.13. The van der Waals surface area contributed by atoms with Gasteiger partial charge < -0.3 is 4.74 Å². The number of hydrogen-bond donors (Lipinski definition) is 0. The third-order valence-electron chi connectivity index (χ3n) is 5.47. The van der Waals surface area contributed by atoms with Gasteiger partial charge in [0.25, 0.3) is 0 Å². The van der Waals surface area contributed by atoms with Gasteiger partial charge >= 0.3 is 0 Å². The van der Waals surface area contributed by atoms with Crippen LogP contribution in [0.5, 0.6) is 5.75 Å². The Morgan fingerprint density at radius 1 is 0.962 bits per heavy atom. The number of nitrogens with zero attached hydrogens (tertiary/aromatic N) is 3. The first kappa shape index (κ1) is 15.4. The van der Waals surface area contributed by atoms with Crippen LogP contribution >= 0.6 is 0 Å². The molecule has 4 heteroatoms. The Bertz CT molecular complexity index is 1080. The quantitative estimate of drug-likeness (QED) is 0.511. The van der Waals surface area contributed by atoms with E-state index in [2.05, 4.69) is 39.9 Å². The number of fused-ring (bicyclic) bond motifs is 3. The molecule has 0 atom stereocenters. The summed E-state index contributed by atoms with van der Waals surface area (Å²) in [4.78, 5) is 9.65. The summed E-state index contributed by atoms with van der Waals surface area (Å²) < 4.78 is 7.68. The predicted molar refractivity (Wildman–Crippen MR) is 104 cm³/mol. The highest BCUT2D eigenvalue weighted by Crippen LogP contribution is 2.38. The predicted octanol–water partition coefficient (Wildman–Crippen LogP) is 5.24. The molecule has 4 nitrogen and oxygen atoms in total. The molecule has 0 spiro atoms. The SMILES string of the molecule is COc1ccc(-n2c(C3CCCC3)nc3cnc4ccccc4c32)cc1. The molecular formula is C22H21N3O. The first-order valence-electron chi connectivity index (χ1n) is 9.25. The zero-order valence-corrected chi connectivity index (χ0v) is 14.9. The summed E-state index contributed by atoms with van der Waals surface area (Å²) in [6.45, 7) is 0. The fraction of sp³-hybridized carbons (Fsp3) is 0.273. The molecular weight excluding hydrogens is 322 g/mol. The molecule has 0 aliphatic heterocycles. The Balaban J connectivity index is 1.83. The smallest absolute Gasteiger partial charge is 0.119 e. The molecule has 130 valence electrons. The molecule has 1 fully saturated rings. The summed E-state index contributed by atoms with van der Waals surface area (Å²) in [7, 11) is 1.70. The maximum absolute atomic E-state index is 5.34. The Kier molecular flexibility index (Phi) is 3.63. The minimum Gasteiger partial charge on any atom is -0.497 e. The summed E-state index contributed by atoms with van der Waals surface area (Å²) in [5.41, 5.74) is 4.27. The average Bonchev–Trinajstić information content (AvgIpc) is 3.35. The number of aromatic nitrogens is 3. The maximum Gasteiger partial charge on any atom is 0.119 e. The van der Waals surface area contributed by atoms with Gasteiger partial charge in [-0.25, -0.2) is 4.98 Å². The number of hydrogen-bond acceptors (Lipinski definition) is 3. The van der Waals surface area contributed by atoms with Crippen molar-refractivity contribution in [2.24, 2.45) is 0 Å². The number of para-hydroxylation sites is 1. The molecule has 0 N–H and O–H groups in total. The van der Waals surface area contributed by atoms with Crippen molar-refractivity contribution in [2.75, 3.05) is 7.11 Å². The van der Waals surface area contributed by atoms with Gasteiger partial charge in [0.1, 0.15) is 17.1 Å². The largest absolute Gasteiger partial charge is 0.497 e. The number of methoxy groups -OCH3 is 1. The summed E-state index contributed by atoms with van der Waals surface area (Å²) >= 11 is 0. The maximum atomic E-state index is 5.34. The van der Waals surface area contributed by atoms with Crippen LogP contribution in [0.15, 0.2) is 54.7 Å². The summed E-state index contributed by atoms with van der Waals surface area (Å²) in [5.74, 6) is 2.55. The van der Waals surface area contributed by atoms with E-state index in [1.165, 1.54) is 31.5 Å². The Morgan fingerprint density at radius 3 is 2.50 bits per heavy atom. The van der Waals surface area contributed by atoms with Crippen molar-refractivity contribution in [1.82, 2.24) is 14.5 Å². The highest BCUT2D eigenvalue weighted by atomic mass is 16.5. The van der Waals surface area contributed by atoms with Gasteiger partial charge in [0.15, 0.2) is 0 Å². The molecule has 0 saturated heterocycles. The lowest BCUT2D eigenvalue weighted by Gasteiger charge is -2.15. The molecule has 0 unspecified atom stereocenters. The molecule has 1 aliphatic carbocycles. The summed E-state index contributed by atoms with van der Waals surface area (Å²) in [6.07, 6.45) is 6.91. The van der Waals surface area contributed by atoms with Gasteiger partial charge in [-0.2, -0.15) is 0 Å². The van der Waals surface area contributed by atoms with Crippen LogP contribution in [0.4, 0.5) is 0 Å². The minimum absolute atomic E-state index is 0.517. The lowest BCUT2D eigenvalue weighted by molar-refractivity contribution is 0.414. The molecule has 2 aromatic carbocycles. The molecule has 1 aliphatic rings. The summed E-state index contributed by atoms with van der Waals surface area (Å²) in [6, 6.07) is 16.6. The third-order valence-corrected chi connectivity index (χ3v) is 5.47. The number of rotatable bonds is 3. The number of ether oxygens (including phenoxy) is 1. The highest BCUT2D eigenvalue weighted by Gasteiger charge is 2.25. The van der Waals surface area contributed by atoms with Gasteiger partial charge in [0, 0.05) is 17.0 Å². The van der Waals surface area contributed by atoms with Crippen LogP contribution in [0.2, 0.25) is 0 Å². The van der Waals surface area contributed by atoms with Crippen molar-refractivity contribution < 1.29 is 4.74 Å². The molecule has 5 rings (SSSR count). The molecule has 0 bridgehead atoms. The number of pyridine rings is 1. The van der Waals surface area contributed by atoms with Crippen LogP contribution < -0.4 is 4.74 Å². The van der Waals surface area contributed by atoms with E-state index in [1.807, 2.05) is 24.4 Å². The van der Waals surface area contributed by atoms with E-state index >= 15 is 0 Å². The Hall–Kier alpha value is -2.88. The van der Waals surface area contributed by atoms with Crippen LogP contribution in [0.1, 0.15) is 37.4 Å². The average molecular weight is 343 g/mol. The van der Waals surface area contributed by atoms with Crippen molar-refractivity contribution in [3.63, 3.8) is 0 Å². The lowest BCUT2D eigenvalue weighted by Crippen LogP contribution is -2.05. The molecule has 0 radical (unpaired) electrons. The molecule has 2 heterocycles. The zero-order chi connectivity index (χ0) is 17.5. The molecule has 2 aromatic heterocycles. The second-order valence-corrected chi connectivity index (χ2v) is 6.99. The van der Waals surface area contributed by atoms with E-state index in [9.17, 15) is 0 Å². The van der Waals surface area contributed by atoms with Crippen molar-refractivity contribution in [2.45, 2.75) is 31.6 Å². The van der Waals surface area contributed by atoms with Crippen LogP contribution in [0, 0.1) is 0 Å². The van der Waals surface area contributed by atoms with Crippen LogP contribution in [0.3, 0.4) is 0 Å². The first-order valence-corrected chi connectivity index (χ1v) is 9.25. The topological polar surface area (TPSA) is 39.9 Å². The van der Waals surface area contributed by atoms with Crippen molar-refractivity contribution in [3.8, 4) is 11.4 Å². The van der Waals surface area contributed by atoms with Crippen molar-refractivity contribution in [1.29, 1.82) is 0 Å². The summed E-state index contributed by atoms with van der Waals surface area (Å²) in [5, 5.41) is 1.15. The zero-order valence-electron chi connectivity index (χ0n) is 14.9. The Labute approximate surface area is 152 Å². The van der Waals surface area contributed by atoms with Gasteiger partial charge in [-0.05, 0) is 43.2 Å². The molecule has 26 heavy (non-hydrogen) atoms. The van der Waals surface area contributed by atoms with Gasteiger partial charge in [-0.3, -0.25) is 9.55 Å². The highest BCUT2D eigenvalue weighted by molar-refractivity contribution is 6.03. The minimum atomic E-state index is 0.517. The molecule has 0 amide bonds. The fourth-order valence-corrected chi connectivity index (χ4v) is 4.17. The standard InChI is InChI=1S/C22H21N3O/c1-26-17-12-10-16(11-13-17)25-21-18-8-4-5-9-19(18)23-14-20(21)24-22(25)15-6-2-3-7-15/h4-5,8-15H,2-3,6-7H2,1H3. The molecule has 1 saturated carbocycles. The van der Waals surface area contributed by atoms with E-state index in [4.69, 9.17) is 9.72 Å². The molecule has 4 aromatic rings. The van der Waals surface area contributed by atoms with E-state index < -0.39 is 0 Å². The second-order valence-electron chi connectivity index (χ2n) is 6.99. The fourth-order valence-electron chi connectivity index (χ4n) is 4.17.